The van der Waals surface area contributed by atoms with E-state index in [1.165, 1.54) is 0 Å². The summed E-state index contributed by atoms with van der Waals surface area (Å²) in [5.74, 6) is -1.83. The van der Waals surface area contributed by atoms with Crippen LogP contribution in [-0.2, 0) is 22.4 Å². The van der Waals surface area contributed by atoms with Crippen LogP contribution in [0.4, 0.5) is 0 Å². The maximum atomic E-state index is 10.5. The van der Waals surface area contributed by atoms with Gasteiger partial charge in [-0.05, 0) is 18.1 Å². The normalized spacial score (nSPS) is 9.93. The molecule has 0 aliphatic rings. The van der Waals surface area contributed by atoms with Crippen LogP contribution in [0.2, 0.25) is 0 Å². The fourth-order valence-corrected chi connectivity index (χ4v) is 1.50. The highest BCUT2D eigenvalue weighted by molar-refractivity contribution is 5.72. The SMILES string of the molecule is Cc1cc(CC(=O)O)cc(CC(=O)O)c1. The summed E-state index contributed by atoms with van der Waals surface area (Å²) in [5.41, 5.74) is 2.16. The number of aliphatic carboxylic acids is 2. The van der Waals surface area contributed by atoms with E-state index in [1.807, 2.05) is 6.92 Å². The number of carbonyl (C=O) groups is 2. The molecule has 2 N–H and O–H groups in total. The van der Waals surface area contributed by atoms with Crippen molar-refractivity contribution in [2.75, 3.05) is 0 Å². The van der Waals surface area contributed by atoms with Gasteiger partial charge in [0.25, 0.3) is 0 Å². The third-order valence-electron chi connectivity index (χ3n) is 1.91. The molecule has 0 fully saturated rings. The third-order valence-corrected chi connectivity index (χ3v) is 1.91. The minimum Gasteiger partial charge on any atom is -0.481 e. The largest absolute Gasteiger partial charge is 0.481 e. The van der Waals surface area contributed by atoms with Crippen molar-refractivity contribution in [3.05, 3.63) is 34.9 Å². The van der Waals surface area contributed by atoms with Crippen LogP contribution in [0.3, 0.4) is 0 Å². The smallest absolute Gasteiger partial charge is 0.307 e. The van der Waals surface area contributed by atoms with Crippen LogP contribution < -0.4 is 0 Å². The highest BCUT2D eigenvalue weighted by Crippen LogP contribution is 2.11. The molecule has 0 aliphatic heterocycles. The molecule has 0 spiro atoms. The van der Waals surface area contributed by atoms with E-state index in [9.17, 15) is 9.59 Å². The Labute approximate surface area is 87.2 Å². The molecule has 1 rings (SSSR count). The predicted octanol–water partition coefficient (Wildman–Crippen LogP) is 1.25. The molecule has 4 heteroatoms. The number of carboxylic acids is 2. The lowest BCUT2D eigenvalue weighted by Crippen LogP contribution is -2.04. The van der Waals surface area contributed by atoms with E-state index in [2.05, 4.69) is 0 Å². The molecule has 0 aliphatic carbocycles. The van der Waals surface area contributed by atoms with Crippen molar-refractivity contribution in [1.29, 1.82) is 0 Å². The number of hydrogen-bond donors (Lipinski definition) is 2. The summed E-state index contributed by atoms with van der Waals surface area (Å²) in [5, 5.41) is 17.2. The summed E-state index contributed by atoms with van der Waals surface area (Å²) in [4.78, 5) is 21.0. The van der Waals surface area contributed by atoms with Gasteiger partial charge in [0.15, 0.2) is 0 Å². The predicted molar refractivity (Wildman–Crippen MR) is 53.9 cm³/mol. The van der Waals surface area contributed by atoms with E-state index in [1.54, 1.807) is 18.2 Å². The molecular weight excluding hydrogens is 196 g/mol. The van der Waals surface area contributed by atoms with Crippen LogP contribution in [0.5, 0.6) is 0 Å². The molecule has 1 aromatic rings. The molecule has 15 heavy (non-hydrogen) atoms. The van der Waals surface area contributed by atoms with Crippen molar-refractivity contribution in [3.63, 3.8) is 0 Å². The maximum Gasteiger partial charge on any atom is 0.307 e. The van der Waals surface area contributed by atoms with E-state index in [0.717, 1.165) is 5.56 Å². The average Bonchev–Trinajstić information content (AvgIpc) is 1.98. The monoisotopic (exact) mass is 208 g/mol. The van der Waals surface area contributed by atoms with Gasteiger partial charge < -0.3 is 10.2 Å². The summed E-state index contributed by atoms with van der Waals surface area (Å²) >= 11 is 0. The Morgan fingerprint density at radius 2 is 1.40 bits per heavy atom. The fraction of sp³-hybridized carbons (Fsp3) is 0.273. The van der Waals surface area contributed by atoms with Crippen molar-refractivity contribution in [3.8, 4) is 0 Å². The molecule has 0 saturated heterocycles. The lowest BCUT2D eigenvalue weighted by atomic mass is 10.0. The molecule has 4 nitrogen and oxygen atoms in total. The average molecular weight is 208 g/mol. The van der Waals surface area contributed by atoms with Gasteiger partial charge in [0.05, 0.1) is 12.8 Å². The Morgan fingerprint density at radius 3 is 1.73 bits per heavy atom. The van der Waals surface area contributed by atoms with Crippen LogP contribution in [0.25, 0.3) is 0 Å². The number of aryl methyl sites for hydroxylation is 1. The summed E-state index contributed by atoms with van der Waals surface area (Å²) in [6.45, 7) is 1.82. The highest BCUT2D eigenvalue weighted by Gasteiger charge is 2.05. The first-order chi connectivity index (χ1) is 6.97. The maximum absolute atomic E-state index is 10.5. The fourth-order valence-electron chi connectivity index (χ4n) is 1.50. The van der Waals surface area contributed by atoms with Gasteiger partial charge >= 0.3 is 11.9 Å². The minimum atomic E-state index is -0.915. The molecule has 0 heterocycles. The van der Waals surface area contributed by atoms with Crippen LogP contribution in [-0.4, -0.2) is 22.2 Å². The van der Waals surface area contributed by atoms with E-state index in [0.29, 0.717) is 11.1 Å². The molecule has 0 amide bonds. The van der Waals surface area contributed by atoms with E-state index < -0.39 is 11.9 Å². The molecule has 0 aromatic heterocycles. The lowest BCUT2D eigenvalue weighted by Gasteiger charge is -2.04. The highest BCUT2D eigenvalue weighted by atomic mass is 16.4. The van der Waals surface area contributed by atoms with Gasteiger partial charge in [-0.2, -0.15) is 0 Å². The molecule has 80 valence electrons. The lowest BCUT2D eigenvalue weighted by molar-refractivity contribution is -0.137. The number of hydrogen-bond acceptors (Lipinski definition) is 2. The zero-order chi connectivity index (χ0) is 11.4. The van der Waals surface area contributed by atoms with Crippen molar-refractivity contribution >= 4 is 11.9 Å². The summed E-state index contributed by atoms with van der Waals surface area (Å²) in [6.07, 6.45) is -0.150. The second kappa shape index (κ2) is 4.59. The van der Waals surface area contributed by atoms with Crippen LogP contribution >= 0.6 is 0 Å². The van der Waals surface area contributed by atoms with Gasteiger partial charge in [0.2, 0.25) is 0 Å². The Morgan fingerprint density at radius 1 is 1.00 bits per heavy atom. The van der Waals surface area contributed by atoms with Gasteiger partial charge in [-0.15, -0.1) is 0 Å². The second-order valence-corrected chi connectivity index (χ2v) is 3.47. The zero-order valence-corrected chi connectivity index (χ0v) is 8.36. The molecule has 0 radical (unpaired) electrons. The third kappa shape index (κ3) is 3.81. The summed E-state index contributed by atoms with van der Waals surface area (Å²) < 4.78 is 0. The van der Waals surface area contributed by atoms with Gasteiger partial charge in [-0.3, -0.25) is 9.59 Å². The molecule has 0 bridgehead atoms. The molecule has 0 atom stereocenters. The van der Waals surface area contributed by atoms with Crippen molar-refractivity contribution in [1.82, 2.24) is 0 Å². The van der Waals surface area contributed by atoms with Gasteiger partial charge in [-0.25, -0.2) is 0 Å². The minimum absolute atomic E-state index is 0.0751. The zero-order valence-electron chi connectivity index (χ0n) is 8.36. The molecule has 1 aromatic carbocycles. The van der Waals surface area contributed by atoms with E-state index in [-0.39, 0.29) is 12.8 Å². The summed E-state index contributed by atoms with van der Waals surface area (Å²) in [6, 6.07) is 5.12. The quantitative estimate of drug-likeness (QED) is 0.780. The molecule has 0 unspecified atom stereocenters. The first-order valence-electron chi connectivity index (χ1n) is 4.50. The van der Waals surface area contributed by atoms with Crippen molar-refractivity contribution in [2.45, 2.75) is 19.8 Å². The molecular formula is C11H12O4. The summed E-state index contributed by atoms with van der Waals surface area (Å²) in [7, 11) is 0. The van der Waals surface area contributed by atoms with Crippen LogP contribution in [0, 0.1) is 6.92 Å². The first-order valence-corrected chi connectivity index (χ1v) is 4.50. The van der Waals surface area contributed by atoms with E-state index >= 15 is 0 Å². The van der Waals surface area contributed by atoms with E-state index in [4.69, 9.17) is 10.2 Å². The Balaban J connectivity index is 2.94. The van der Waals surface area contributed by atoms with Crippen molar-refractivity contribution < 1.29 is 19.8 Å². The van der Waals surface area contributed by atoms with Crippen molar-refractivity contribution in [2.24, 2.45) is 0 Å². The number of rotatable bonds is 4. The van der Waals surface area contributed by atoms with Gasteiger partial charge in [-0.1, -0.05) is 23.8 Å². The van der Waals surface area contributed by atoms with Gasteiger partial charge in [0.1, 0.15) is 0 Å². The standard InChI is InChI=1S/C11H12O4/c1-7-2-8(5-10(12)13)4-9(3-7)6-11(14)15/h2-4H,5-6H2,1H3,(H,12,13)(H,14,15). The second-order valence-electron chi connectivity index (χ2n) is 3.47. The Hall–Kier alpha value is -1.84. The van der Waals surface area contributed by atoms with Crippen LogP contribution in [0.1, 0.15) is 16.7 Å². The topological polar surface area (TPSA) is 74.6 Å². The molecule has 0 saturated carbocycles. The number of benzene rings is 1. The number of carboxylic acid groups (broad SMARTS) is 2. The first kappa shape index (κ1) is 11.2. The Bertz CT molecular complexity index is 361. The Kier molecular flexibility index (Phi) is 3.44. The van der Waals surface area contributed by atoms with Gasteiger partial charge in [0, 0.05) is 0 Å². The van der Waals surface area contributed by atoms with Crippen LogP contribution in [0.15, 0.2) is 18.2 Å².